The lowest BCUT2D eigenvalue weighted by Gasteiger charge is -2.45. The molecule has 3 heterocycles. The van der Waals surface area contributed by atoms with E-state index in [-0.39, 0.29) is 17.9 Å². The molecular formula is C28H35N3O2S. The van der Waals surface area contributed by atoms with Crippen molar-refractivity contribution in [3.05, 3.63) is 58.1 Å². The van der Waals surface area contributed by atoms with E-state index in [0.29, 0.717) is 18.8 Å². The molecule has 0 radical (unpaired) electrons. The Morgan fingerprint density at radius 3 is 2.62 bits per heavy atom. The normalized spacial score (nSPS) is 24.9. The summed E-state index contributed by atoms with van der Waals surface area (Å²) < 4.78 is 3.21. The number of carbonyl (C=O) groups excluding carboxylic acids is 2. The highest BCUT2D eigenvalue weighted by Gasteiger charge is 2.48. The minimum Gasteiger partial charge on any atom is -0.351 e. The first kappa shape index (κ1) is 23.2. The number of fused-ring (bicyclic) bond motifs is 3. The topological polar surface area (TPSA) is 54.3 Å². The standard InChI is InChI=1S/C28H35N3O2S/c1-5-22-14-23-25(34-22)15-24-26(32)31(16-20-9-7-6-8-19(20)3)28(4,17-30(23)24)27(33)29-21-12-10-18(2)11-13-21/h6-9,14-15,18,21H,5,10-13,16-17H2,1-4H3,(H,29,33)/t18?,21?,28-/m0/s1. The van der Waals surface area contributed by atoms with E-state index in [9.17, 15) is 9.59 Å². The zero-order chi connectivity index (χ0) is 24.0. The molecule has 6 heteroatoms. The van der Waals surface area contributed by atoms with Gasteiger partial charge in [0, 0.05) is 17.5 Å². The molecule has 34 heavy (non-hydrogen) atoms. The number of rotatable bonds is 5. The first-order valence-corrected chi connectivity index (χ1v) is 13.4. The maximum Gasteiger partial charge on any atom is 0.271 e. The number of benzene rings is 1. The molecule has 1 fully saturated rings. The molecular weight excluding hydrogens is 442 g/mol. The number of thiophene rings is 1. The maximum atomic E-state index is 13.9. The van der Waals surface area contributed by atoms with Crippen LogP contribution in [0.25, 0.3) is 10.2 Å². The van der Waals surface area contributed by atoms with Gasteiger partial charge in [-0.1, -0.05) is 38.1 Å². The van der Waals surface area contributed by atoms with E-state index in [1.807, 2.05) is 30.0 Å². The van der Waals surface area contributed by atoms with Crippen molar-refractivity contribution in [2.24, 2.45) is 5.92 Å². The molecule has 3 aromatic rings. The van der Waals surface area contributed by atoms with Crippen molar-refractivity contribution in [2.75, 3.05) is 0 Å². The van der Waals surface area contributed by atoms with Crippen LogP contribution >= 0.6 is 11.3 Å². The van der Waals surface area contributed by atoms with E-state index < -0.39 is 5.54 Å². The lowest BCUT2D eigenvalue weighted by molar-refractivity contribution is -0.134. The predicted octanol–water partition coefficient (Wildman–Crippen LogP) is 5.68. The second-order valence-electron chi connectivity index (χ2n) is 10.5. The Hall–Kier alpha value is -2.60. The Bertz CT molecular complexity index is 1230. The van der Waals surface area contributed by atoms with Crippen LogP contribution in [0.4, 0.5) is 0 Å². The lowest BCUT2D eigenvalue weighted by atomic mass is 9.86. The Balaban J connectivity index is 1.53. The molecule has 180 valence electrons. The number of nitrogens with zero attached hydrogens (tertiary/aromatic N) is 2. The van der Waals surface area contributed by atoms with Crippen LogP contribution in [0.1, 0.15) is 72.9 Å². The van der Waals surface area contributed by atoms with Gasteiger partial charge < -0.3 is 14.8 Å². The Morgan fingerprint density at radius 2 is 1.91 bits per heavy atom. The third-order valence-electron chi connectivity index (χ3n) is 7.95. The van der Waals surface area contributed by atoms with Gasteiger partial charge in [0.2, 0.25) is 5.91 Å². The summed E-state index contributed by atoms with van der Waals surface area (Å²) in [5, 5.41) is 3.34. The third-order valence-corrected chi connectivity index (χ3v) is 9.16. The molecule has 2 aliphatic rings. The summed E-state index contributed by atoms with van der Waals surface area (Å²) in [6.07, 6.45) is 5.28. The molecule has 0 spiro atoms. The van der Waals surface area contributed by atoms with E-state index in [1.165, 1.54) is 4.88 Å². The van der Waals surface area contributed by atoms with E-state index in [0.717, 1.165) is 59.4 Å². The van der Waals surface area contributed by atoms with Crippen molar-refractivity contribution in [2.45, 2.75) is 84.5 Å². The summed E-state index contributed by atoms with van der Waals surface area (Å²) in [6.45, 7) is 9.35. The minimum absolute atomic E-state index is 0.0348. The monoisotopic (exact) mass is 477 g/mol. The van der Waals surface area contributed by atoms with Gasteiger partial charge in [-0.05, 0) is 75.1 Å². The van der Waals surface area contributed by atoms with Crippen LogP contribution in [0.15, 0.2) is 36.4 Å². The highest BCUT2D eigenvalue weighted by Crippen LogP contribution is 2.37. The quantitative estimate of drug-likeness (QED) is 0.514. The van der Waals surface area contributed by atoms with Crippen LogP contribution in [0.2, 0.25) is 0 Å². The molecule has 5 nitrogen and oxygen atoms in total. The minimum atomic E-state index is -0.963. The van der Waals surface area contributed by atoms with Gasteiger partial charge in [-0.2, -0.15) is 0 Å². The molecule has 1 aliphatic heterocycles. The molecule has 0 bridgehead atoms. The number of nitrogens with one attached hydrogen (secondary N) is 1. The molecule has 2 aromatic heterocycles. The highest BCUT2D eigenvalue weighted by molar-refractivity contribution is 7.19. The van der Waals surface area contributed by atoms with Gasteiger partial charge in [0.15, 0.2) is 0 Å². The largest absolute Gasteiger partial charge is 0.351 e. The molecule has 0 unspecified atom stereocenters. The Kier molecular flexibility index (Phi) is 6.05. The zero-order valence-corrected chi connectivity index (χ0v) is 21.5. The Labute approximate surface area is 206 Å². The predicted molar refractivity (Wildman–Crippen MR) is 138 cm³/mol. The molecule has 1 aliphatic carbocycles. The fraction of sp³-hybridized carbons (Fsp3) is 0.500. The number of amides is 2. The van der Waals surface area contributed by atoms with Crippen molar-refractivity contribution in [1.82, 2.24) is 14.8 Å². The van der Waals surface area contributed by atoms with Crippen LogP contribution < -0.4 is 5.32 Å². The van der Waals surface area contributed by atoms with Gasteiger partial charge in [0.05, 0.1) is 16.8 Å². The fourth-order valence-electron chi connectivity index (χ4n) is 5.51. The van der Waals surface area contributed by atoms with Crippen molar-refractivity contribution in [3.63, 3.8) is 0 Å². The van der Waals surface area contributed by atoms with E-state index in [1.54, 1.807) is 11.3 Å². The number of carbonyl (C=O) groups is 2. The molecule has 1 aromatic carbocycles. The maximum absolute atomic E-state index is 13.9. The smallest absolute Gasteiger partial charge is 0.271 e. The molecule has 0 saturated heterocycles. The molecule has 1 N–H and O–H groups in total. The van der Waals surface area contributed by atoms with Gasteiger partial charge in [0.25, 0.3) is 5.91 Å². The zero-order valence-electron chi connectivity index (χ0n) is 20.7. The SMILES string of the molecule is CCc1cc2c(cc3n2C[C@@](C)(C(=O)NC2CCC(C)CC2)N(Cc2ccccc2C)C3=O)s1. The van der Waals surface area contributed by atoms with E-state index in [2.05, 4.69) is 48.9 Å². The van der Waals surface area contributed by atoms with E-state index in [4.69, 9.17) is 0 Å². The number of aromatic nitrogens is 1. The second kappa shape index (κ2) is 8.88. The summed E-state index contributed by atoms with van der Waals surface area (Å²) in [4.78, 5) is 31.0. The van der Waals surface area contributed by atoms with Gasteiger partial charge >= 0.3 is 0 Å². The first-order valence-electron chi connectivity index (χ1n) is 12.6. The van der Waals surface area contributed by atoms with Crippen LogP contribution in [0, 0.1) is 12.8 Å². The Morgan fingerprint density at radius 1 is 1.18 bits per heavy atom. The third kappa shape index (κ3) is 3.96. The average molecular weight is 478 g/mol. The molecule has 5 rings (SSSR count). The van der Waals surface area contributed by atoms with Gasteiger partial charge in [-0.15, -0.1) is 11.3 Å². The first-order chi connectivity index (χ1) is 16.3. The summed E-state index contributed by atoms with van der Waals surface area (Å²) in [5.41, 5.74) is 3.02. The number of hydrogen-bond acceptors (Lipinski definition) is 3. The summed E-state index contributed by atoms with van der Waals surface area (Å²) >= 11 is 1.75. The van der Waals surface area contributed by atoms with Crippen molar-refractivity contribution in [1.29, 1.82) is 0 Å². The van der Waals surface area contributed by atoms with Gasteiger partial charge in [0.1, 0.15) is 11.2 Å². The van der Waals surface area contributed by atoms with Crippen molar-refractivity contribution in [3.8, 4) is 0 Å². The van der Waals surface area contributed by atoms with E-state index >= 15 is 0 Å². The molecule has 2 amide bonds. The van der Waals surface area contributed by atoms with Gasteiger partial charge in [-0.3, -0.25) is 9.59 Å². The van der Waals surface area contributed by atoms with Gasteiger partial charge in [-0.25, -0.2) is 0 Å². The molecule has 1 atom stereocenters. The van der Waals surface area contributed by atoms with Crippen LogP contribution in [0.3, 0.4) is 0 Å². The summed E-state index contributed by atoms with van der Waals surface area (Å²) in [7, 11) is 0. The highest BCUT2D eigenvalue weighted by atomic mass is 32.1. The lowest BCUT2D eigenvalue weighted by Crippen LogP contribution is -2.64. The van der Waals surface area contributed by atoms with Crippen molar-refractivity contribution < 1.29 is 9.59 Å². The second-order valence-corrected chi connectivity index (χ2v) is 11.6. The summed E-state index contributed by atoms with van der Waals surface area (Å²) in [6, 6.07) is 12.5. The average Bonchev–Trinajstić information content (AvgIpc) is 3.38. The summed E-state index contributed by atoms with van der Waals surface area (Å²) in [5.74, 6) is 0.623. The molecule has 1 saturated carbocycles. The number of hydrogen-bond donors (Lipinski definition) is 1. The van der Waals surface area contributed by atoms with Crippen LogP contribution in [0.5, 0.6) is 0 Å². The van der Waals surface area contributed by atoms with Crippen LogP contribution in [-0.4, -0.2) is 32.9 Å². The van der Waals surface area contributed by atoms with Crippen LogP contribution in [-0.2, 0) is 24.3 Å². The van der Waals surface area contributed by atoms with Crippen molar-refractivity contribution >= 4 is 33.4 Å². The number of aryl methyl sites for hydroxylation is 2. The fourth-order valence-corrected chi connectivity index (χ4v) is 6.56.